The molecule has 0 N–H and O–H groups in total. The number of hydrogen-bond donors (Lipinski definition) is 0. The first-order chi connectivity index (χ1) is 16.8. The predicted molar refractivity (Wildman–Crippen MR) is 126 cm³/mol. The maximum Gasteiger partial charge on any atom is 0.271 e. The SMILES string of the molecule is COc1ccc([C@@H]2[C@H]3C(=O)N(c4ccc(F)cc4)C(=O)[C@@H]3ON2c2cccc([N+](=O)[O-])c2)cc1Br. The summed E-state index contributed by atoms with van der Waals surface area (Å²) in [7, 11) is 1.52. The normalized spacial score (nSPS) is 21.4. The van der Waals surface area contributed by atoms with Gasteiger partial charge in [-0.3, -0.25) is 24.5 Å². The number of non-ortho nitro benzene ring substituents is 1. The van der Waals surface area contributed by atoms with Crippen LogP contribution in [0, 0.1) is 21.8 Å². The van der Waals surface area contributed by atoms with Gasteiger partial charge in [0, 0.05) is 12.1 Å². The summed E-state index contributed by atoms with van der Waals surface area (Å²) in [6, 6.07) is 15.2. The van der Waals surface area contributed by atoms with Gasteiger partial charge in [-0.25, -0.2) is 14.4 Å². The minimum atomic E-state index is -1.17. The number of rotatable bonds is 5. The van der Waals surface area contributed by atoms with Crippen molar-refractivity contribution in [3.8, 4) is 5.75 Å². The number of methoxy groups -OCH3 is 1. The Morgan fingerprint density at radius 2 is 1.77 bits per heavy atom. The van der Waals surface area contributed by atoms with Crippen molar-refractivity contribution in [2.24, 2.45) is 5.92 Å². The highest BCUT2D eigenvalue weighted by Crippen LogP contribution is 2.48. The van der Waals surface area contributed by atoms with Crippen LogP contribution >= 0.6 is 15.9 Å². The largest absolute Gasteiger partial charge is 0.496 e. The van der Waals surface area contributed by atoms with Crippen LogP contribution in [0.1, 0.15) is 11.6 Å². The molecule has 178 valence electrons. The number of nitro groups is 1. The fraction of sp³-hybridized carbons (Fsp3) is 0.167. The summed E-state index contributed by atoms with van der Waals surface area (Å²) in [5, 5.41) is 12.7. The smallest absolute Gasteiger partial charge is 0.271 e. The zero-order chi connectivity index (χ0) is 24.9. The molecule has 3 aromatic rings. The number of amides is 2. The Morgan fingerprint density at radius 3 is 2.43 bits per heavy atom. The van der Waals surface area contributed by atoms with Crippen LogP contribution in [0.4, 0.5) is 21.5 Å². The van der Waals surface area contributed by atoms with Gasteiger partial charge >= 0.3 is 0 Å². The second-order valence-electron chi connectivity index (χ2n) is 7.98. The second kappa shape index (κ2) is 8.75. The van der Waals surface area contributed by atoms with Gasteiger partial charge in [0.05, 0.1) is 33.9 Å². The third-order valence-corrected chi connectivity index (χ3v) is 6.63. The molecule has 3 atom stereocenters. The lowest BCUT2D eigenvalue weighted by Gasteiger charge is -2.29. The van der Waals surface area contributed by atoms with Gasteiger partial charge < -0.3 is 4.74 Å². The van der Waals surface area contributed by atoms with Crippen LogP contribution in [-0.2, 0) is 14.4 Å². The molecule has 2 saturated heterocycles. The third kappa shape index (κ3) is 3.82. The molecular formula is C24H17BrFN3O6. The van der Waals surface area contributed by atoms with Gasteiger partial charge in [0.1, 0.15) is 17.5 Å². The molecule has 5 rings (SSSR count). The quantitative estimate of drug-likeness (QED) is 0.265. The van der Waals surface area contributed by atoms with Gasteiger partial charge in [-0.1, -0.05) is 12.1 Å². The molecule has 2 fully saturated rings. The standard InChI is InChI=1S/C24H17BrFN3O6/c1-34-19-10-5-13(11-18(19)25)21-20-22(35-28(21)16-3-2-4-17(12-16)29(32)33)24(31)27(23(20)30)15-8-6-14(26)7-9-15/h2-12,20-22H,1H3/t20-,21-,22-/m1/s1. The molecule has 2 amide bonds. The van der Waals surface area contributed by atoms with Crippen LogP contribution in [0.25, 0.3) is 0 Å². The summed E-state index contributed by atoms with van der Waals surface area (Å²) in [6.45, 7) is 0. The first-order valence-electron chi connectivity index (χ1n) is 10.5. The van der Waals surface area contributed by atoms with Gasteiger partial charge in [0.2, 0.25) is 5.91 Å². The second-order valence-corrected chi connectivity index (χ2v) is 8.84. The number of carbonyl (C=O) groups is 2. The molecule has 0 aromatic heterocycles. The Morgan fingerprint density at radius 1 is 1.03 bits per heavy atom. The topological polar surface area (TPSA) is 102 Å². The zero-order valence-corrected chi connectivity index (χ0v) is 19.7. The average molecular weight is 542 g/mol. The lowest BCUT2D eigenvalue weighted by atomic mass is 9.90. The van der Waals surface area contributed by atoms with E-state index >= 15 is 0 Å². The van der Waals surface area contributed by atoms with Crippen molar-refractivity contribution in [2.45, 2.75) is 12.1 Å². The van der Waals surface area contributed by atoms with Gasteiger partial charge in [0.25, 0.3) is 11.6 Å². The lowest BCUT2D eigenvalue weighted by molar-refractivity contribution is -0.384. The number of anilines is 2. The van der Waals surface area contributed by atoms with Crippen molar-refractivity contribution >= 4 is 44.8 Å². The Kier molecular flexibility index (Phi) is 5.73. The van der Waals surface area contributed by atoms with Crippen molar-refractivity contribution in [1.82, 2.24) is 0 Å². The maximum atomic E-state index is 13.6. The van der Waals surface area contributed by atoms with E-state index in [1.54, 1.807) is 24.3 Å². The Bertz CT molecular complexity index is 1350. The van der Waals surface area contributed by atoms with E-state index < -0.39 is 40.6 Å². The molecule has 11 heteroatoms. The highest BCUT2D eigenvalue weighted by atomic mass is 79.9. The highest BCUT2D eigenvalue weighted by molar-refractivity contribution is 9.10. The van der Waals surface area contributed by atoms with E-state index in [0.29, 0.717) is 21.5 Å². The van der Waals surface area contributed by atoms with Crippen LogP contribution < -0.4 is 14.7 Å². The maximum absolute atomic E-state index is 13.6. The fourth-order valence-corrected chi connectivity index (χ4v) is 4.99. The molecule has 3 aromatic carbocycles. The average Bonchev–Trinajstić information content (AvgIpc) is 3.36. The van der Waals surface area contributed by atoms with Gasteiger partial charge in [-0.2, -0.15) is 0 Å². The summed E-state index contributed by atoms with van der Waals surface area (Å²) in [4.78, 5) is 44.7. The molecule has 2 heterocycles. The molecule has 0 saturated carbocycles. The number of halogens is 2. The number of hydroxylamine groups is 1. The zero-order valence-electron chi connectivity index (χ0n) is 18.1. The first kappa shape index (κ1) is 22.9. The van der Waals surface area contributed by atoms with Crippen molar-refractivity contribution in [1.29, 1.82) is 0 Å². The molecule has 0 unspecified atom stereocenters. The molecule has 2 aliphatic heterocycles. The Balaban J connectivity index is 1.61. The number of ether oxygens (including phenoxy) is 1. The summed E-state index contributed by atoms with van der Waals surface area (Å²) in [6.07, 6.45) is -1.17. The molecule has 35 heavy (non-hydrogen) atoms. The lowest BCUT2D eigenvalue weighted by Crippen LogP contribution is -2.37. The van der Waals surface area contributed by atoms with Crippen LogP contribution in [0.3, 0.4) is 0 Å². The molecule has 0 bridgehead atoms. The number of benzene rings is 3. The van der Waals surface area contributed by atoms with E-state index in [2.05, 4.69) is 15.9 Å². The monoisotopic (exact) mass is 541 g/mol. The van der Waals surface area contributed by atoms with Gasteiger partial charge in [0.15, 0.2) is 6.10 Å². The van der Waals surface area contributed by atoms with Crippen molar-refractivity contribution in [2.75, 3.05) is 17.1 Å². The van der Waals surface area contributed by atoms with E-state index in [9.17, 15) is 24.1 Å². The molecule has 9 nitrogen and oxygen atoms in total. The van der Waals surface area contributed by atoms with Crippen molar-refractivity contribution < 1.29 is 28.5 Å². The van der Waals surface area contributed by atoms with Crippen LogP contribution in [0.2, 0.25) is 0 Å². The van der Waals surface area contributed by atoms with Crippen molar-refractivity contribution in [3.63, 3.8) is 0 Å². The van der Waals surface area contributed by atoms with Crippen molar-refractivity contribution in [3.05, 3.63) is 92.7 Å². The molecule has 0 spiro atoms. The van der Waals surface area contributed by atoms with Gasteiger partial charge in [-0.05, 0) is 64.0 Å². The van der Waals surface area contributed by atoms with Crippen LogP contribution in [0.15, 0.2) is 71.2 Å². The number of hydrogen-bond acceptors (Lipinski definition) is 7. The molecular weight excluding hydrogens is 525 g/mol. The summed E-state index contributed by atoms with van der Waals surface area (Å²) >= 11 is 3.44. The fourth-order valence-electron chi connectivity index (χ4n) is 4.43. The first-order valence-corrected chi connectivity index (χ1v) is 11.3. The number of fused-ring (bicyclic) bond motifs is 1. The van der Waals surface area contributed by atoms with Crippen LogP contribution in [-0.4, -0.2) is 30.0 Å². The van der Waals surface area contributed by atoms with E-state index in [1.807, 2.05) is 0 Å². The minimum Gasteiger partial charge on any atom is -0.496 e. The van der Waals surface area contributed by atoms with E-state index in [4.69, 9.17) is 9.57 Å². The van der Waals surface area contributed by atoms with Crippen LogP contribution in [0.5, 0.6) is 5.75 Å². The number of nitrogens with zero attached hydrogens (tertiary/aromatic N) is 3. The predicted octanol–water partition coefficient (Wildman–Crippen LogP) is 4.56. The van der Waals surface area contributed by atoms with E-state index in [1.165, 1.54) is 54.6 Å². The number of carbonyl (C=O) groups excluding carboxylic acids is 2. The summed E-state index contributed by atoms with van der Waals surface area (Å²) in [5.74, 6) is -2.00. The van der Waals surface area contributed by atoms with Gasteiger partial charge in [-0.15, -0.1) is 0 Å². The van der Waals surface area contributed by atoms with E-state index in [-0.39, 0.29) is 11.4 Å². The summed E-state index contributed by atoms with van der Waals surface area (Å²) < 4.78 is 19.3. The molecule has 2 aliphatic rings. The number of imide groups is 1. The molecule has 0 aliphatic carbocycles. The summed E-state index contributed by atoms with van der Waals surface area (Å²) in [5.41, 5.74) is 1.01. The minimum absolute atomic E-state index is 0.164. The van der Waals surface area contributed by atoms with E-state index in [0.717, 1.165) is 4.90 Å². The highest BCUT2D eigenvalue weighted by Gasteiger charge is 2.60. The third-order valence-electron chi connectivity index (χ3n) is 6.01. The Hall–Kier alpha value is -3.83. The molecule has 0 radical (unpaired) electrons. The number of nitro benzene ring substituents is 1. The Labute approximate surface area is 206 Å².